The lowest BCUT2D eigenvalue weighted by molar-refractivity contribution is -0.135. The van der Waals surface area contributed by atoms with Crippen LogP contribution in [-0.4, -0.2) is 40.7 Å². The highest BCUT2D eigenvalue weighted by Gasteiger charge is 2.11. The summed E-state index contributed by atoms with van der Waals surface area (Å²) < 4.78 is 5.80. The number of rotatable bonds is 12. The predicted octanol–water partition coefficient (Wildman–Crippen LogP) is 3.84. The van der Waals surface area contributed by atoms with E-state index in [4.69, 9.17) is 4.74 Å². The van der Waals surface area contributed by atoms with Gasteiger partial charge in [0, 0.05) is 31.2 Å². The second kappa shape index (κ2) is 11.4. The normalized spacial score (nSPS) is 10.4. The molecule has 3 rings (SSSR count). The SMILES string of the molecule is O=C(O)CN(Cc1ccc(OCCCCNc2ncccn2)cc1)c1ccccc1. The minimum Gasteiger partial charge on any atom is -0.494 e. The minimum absolute atomic E-state index is 0.0513. The van der Waals surface area contributed by atoms with Crippen LogP contribution >= 0.6 is 0 Å². The average Bonchev–Trinajstić information content (AvgIpc) is 2.78. The molecule has 0 unspecified atom stereocenters. The average molecular weight is 406 g/mol. The van der Waals surface area contributed by atoms with Gasteiger partial charge in [0.2, 0.25) is 5.95 Å². The molecule has 1 aromatic heterocycles. The van der Waals surface area contributed by atoms with Crippen molar-refractivity contribution in [3.8, 4) is 5.75 Å². The highest BCUT2D eigenvalue weighted by molar-refractivity contribution is 5.73. The zero-order chi connectivity index (χ0) is 21.0. The van der Waals surface area contributed by atoms with E-state index in [2.05, 4.69) is 15.3 Å². The van der Waals surface area contributed by atoms with Crippen LogP contribution in [0.3, 0.4) is 0 Å². The van der Waals surface area contributed by atoms with Gasteiger partial charge in [-0.05, 0) is 48.7 Å². The number of unbranched alkanes of at least 4 members (excludes halogenated alkanes) is 1. The Labute approximate surface area is 176 Å². The van der Waals surface area contributed by atoms with Crippen LogP contribution in [0.25, 0.3) is 0 Å². The standard InChI is InChI=1S/C23H26N4O3/c28-22(29)18-27(20-7-2-1-3-8-20)17-19-9-11-21(12-10-19)30-16-5-4-13-24-23-25-14-6-15-26-23/h1-3,6-12,14-15H,4-5,13,16-18H2,(H,28,29)(H,24,25,26). The van der Waals surface area contributed by atoms with Crippen LogP contribution in [-0.2, 0) is 11.3 Å². The third-order valence-corrected chi connectivity index (χ3v) is 4.43. The molecule has 3 aromatic rings. The van der Waals surface area contributed by atoms with Crippen molar-refractivity contribution in [1.29, 1.82) is 0 Å². The molecule has 7 nitrogen and oxygen atoms in total. The summed E-state index contributed by atoms with van der Waals surface area (Å²) in [5.41, 5.74) is 1.91. The van der Waals surface area contributed by atoms with Crippen LogP contribution < -0.4 is 15.0 Å². The number of para-hydroxylation sites is 1. The fourth-order valence-corrected chi connectivity index (χ4v) is 2.96. The number of nitrogens with one attached hydrogen (secondary N) is 1. The third kappa shape index (κ3) is 7.09. The Morgan fingerprint density at radius 3 is 2.40 bits per heavy atom. The number of benzene rings is 2. The molecule has 0 amide bonds. The maximum Gasteiger partial charge on any atom is 0.323 e. The predicted molar refractivity (Wildman–Crippen MR) is 117 cm³/mol. The summed E-state index contributed by atoms with van der Waals surface area (Å²) >= 11 is 0. The van der Waals surface area contributed by atoms with Gasteiger partial charge in [-0.15, -0.1) is 0 Å². The summed E-state index contributed by atoms with van der Waals surface area (Å²) in [6.45, 7) is 1.89. The lowest BCUT2D eigenvalue weighted by Gasteiger charge is -2.23. The molecule has 0 aliphatic rings. The second-order valence-corrected chi connectivity index (χ2v) is 6.78. The van der Waals surface area contributed by atoms with Crippen LogP contribution in [0.5, 0.6) is 5.75 Å². The number of ether oxygens (including phenoxy) is 1. The molecule has 2 N–H and O–H groups in total. The zero-order valence-corrected chi connectivity index (χ0v) is 16.8. The van der Waals surface area contributed by atoms with Crippen molar-refractivity contribution in [2.24, 2.45) is 0 Å². The fraction of sp³-hybridized carbons (Fsp3) is 0.261. The van der Waals surface area contributed by atoms with Crippen molar-refractivity contribution in [3.05, 3.63) is 78.6 Å². The summed E-state index contributed by atoms with van der Waals surface area (Å²) in [7, 11) is 0. The van der Waals surface area contributed by atoms with Crippen molar-refractivity contribution >= 4 is 17.6 Å². The van der Waals surface area contributed by atoms with Gasteiger partial charge in [-0.2, -0.15) is 0 Å². The number of aromatic nitrogens is 2. The molecule has 0 fully saturated rings. The van der Waals surface area contributed by atoms with E-state index in [0.29, 0.717) is 19.1 Å². The van der Waals surface area contributed by atoms with E-state index in [0.717, 1.165) is 36.4 Å². The first kappa shape index (κ1) is 21.1. The molecule has 2 aromatic carbocycles. The van der Waals surface area contributed by atoms with E-state index in [9.17, 15) is 9.90 Å². The van der Waals surface area contributed by atoms with Gasteiger partial charge < -0.3 is 20.1 Å². The number of nitrogens with zero attached hydrogens (tertiary/aromatic N) is 3. The van der Waals surface area contributed by atoms with Crippen molar-refractivity contribution in [2.45, 2.75) is 19.4 Å². The van der Waals surface area contributed by atoms with Crippen LogP contribution in [0, 0.1) is 0 Å². The van der Waals surface area contributed by atoms with Crippen molar-refractivity contribution < 1.29 is 14.6 Å². The Morgan fingerprint density at radius 1 is 0.967 bits per heavy atom. The van der Waals surface area contributed by atoms with Gasteiger partial charge in [0.25, 0.3) is 0 Å². The molecule has 0 radical (unpaired) electrons. The van der Waals surface area contributed by atoms with Gasteiger partial charge in [0.1, 0.15) is 12.3 Å². The summed E-state index contributed by atoms with van der Waals surface area (Å²) in [5, 5.41) is 12.4. The molecule has 0 bridgehead atoms. The smallest absolute Gasteiger partial charge is 0.323 e. The molecule has 0 spiro atoms. The highest BCUT2D eigenvalue weighted by Crippen LogP contribution is 2.19. The van der Waals surface area contributed by atoms with Crippen LogP contribution in [0.15, 0.2) is 73.1 Å². The monoisotopic (exact) mass is 406 g/mol. The maximum atomic E-state index is 11.2. The highest BCUT2D eigenvalue weighted by atomic mass is 16.5. The maximum absolute atomic E-state index is 11.2. The summed E-state index contributed by atoms with van der Waals surface area (Å²) in [4.78, 5) is 21.3. The lowest BCUT2D eigenvalue weighted by atomic mass is 10.2. The Kier molecular flexibility index (Phi) is 8.02. The molecule has 0 aliphatic heterocycles. The molecule has 30 heavy (non-hydrogen) atoms. The molecule has 1 heterocycles. The Bertz CT molecular complexity index is 889. The third-order valence-electron chi connectivity index (χ3n) is 4.43. The largest absolute Gasteiger partial charge is 0.494 e. The summed E-state index contributed by atoms with van der Waals surface area (Å²) in [6, 6.07) is 19.1. The van der Waals surface area contributed by atoms with Crippen molar-refractivity contribution in [2.75, 3.05) is 29.9 Å². The molecule has 0 atom stereocenters. The van der Waals surface area contributed by atoms with E-state index in [1.54, 1.807) is 18.5 Å². The number of anilines is 2. The first-order chi connectivity index (χ1) is 14.7. The number of hydrogen-bond donors (Lipinski definition) is 2. The quantitative estimate of drug-likeness (QED) is 0.442. The number of hydrogen-bond acceptors (Lipinski definition) is 6. The number of carboxylic acid groups (broad SMARTS) is 1. The van der Waals surface area contributed by atoms with Gasteiger partial charge in [-0.1, -0.05) is 30.3 Å². The lowest BCUT2D eigenvalue weighted by Crippen LogP contribution is -2.29. The van der Waals surface area contributed by atoms with Gasteiger partial charge in [0.15, 0.2) is 0 Å². The fourth-order valence-electron chi connectivity index (χ4n) is 2.96. The van der Waals surface area contributed by atoms with E-state index in [1.807, 2.05) is 59.5 Å². The molecular formula is C23H26N4O3. The molecular weight excluding hydrogens is 380 g/mol. The number of aliphatic carboxylic acids is 1. The summed E-state index contributed by atoms with van der Waals surface area (Å²) in [6.07, 6.45) is 5.30. The van der Waals surface area contributed by atoms with Crippen molar-refractivity contribution in [3.63, 3.8) is 0 Å². The van der Waals surface area contributed by atoms with E-state index in [-0.39, 0.29) is 6.54 Å². The van der Waals surface area contributed by atoms with Gasteiger partial charge in [0.05, 0.1) is 6.61 Å². The Hall–Kier alpha value is -3.61. The van der Waals surface area contributed by atoms with Crippen LogP contribution in [0.4, 0.5) is 11.6 Å². The van der Waals surface area contributed by atoms with Gasteiger partial charge in [-0.25, -0.2) is 9.97 Å². The van der Waals surface area contributed by atoms with Crippen LogP contribution in [0.1, 0.15) is 18.4 Å². The molecule has 0 saturated heterocycles. The Balaban J connectivity index is 1.42. The zero-order valence-electron chi connectivity index (χ0n) is 16.8. The number of carboxylic acids is 1. The minimum atomic E-state index is -0.855. The molecule has 0 saturated carbocycles. The summed E-state index contributed by atoms with van der Waals surface area (Å²) in [5.74, 6) is 0.594. The first-order valence-corrected chi connectivity index (χ1v) is 9.95. The van der Waals surface area contributed by atoms with E-state index in [1.165, 1.54) is 0 Å². The van der Waals surface area contributed by atoms with Gasteiger partial charge >= 0.3 is 5.97 Å². The topological polar surface area (TPSA) is 87.6 Å². The molecule has 7 heteroatoms. The first-order valence-electron chi connectivity index (χ1n) is 9.95. The second-order valence-electron chi connectivity index (χ2n) is 6.78. The Morgan fingerprint density at radius 2 is 1.70 bits per heavy atom. The van der Waals surface area contributed by atoms with Crippen LogP contribution in [0.2, 0.25) is 0 Å². The van der Waals surface area contributed by atoms with Gasteiger partial charge in [-0.3, -0.25) is 4.79 Å². The molecule has 0 aliphatic carbocycles. The van der Waals surface area contributed by atoms with E-state index < -0.39 is 5.97 Å². The van der Waals surface area contributed by atoms with E-state index >= 15 is 0 Å². The number of carbonyl (C=O) groups is 1. The van der Waals surface area contributed by atoms with Crippen molar-refractivity contribution in [1.82, 2.24) is 9.97 Å². The molecule has 156 valence electrons.